The lowest BCUT2D eigenvalue weighted by Gasteiger charge is -2.39. The zero-order chi connectivity index (χ0) is 15.4. The molecule has 21 heavy (non-hydrogen) atoms. The lowest BCUT2D eigenvalue weighted by Crippen LogP contribution is -2.54. The van der Waals surface area contributed by atoms with Crippen LogP contribution in [0.3, 0.4) is 0 Å². The molecule has 1 heterocycles. The van der Waals surface area contributed by atoms with Crippen molar-refractivity contribution in [2.75, 3.05) is 6.54 Å². The molecule has 2 aliphatic rings. The van der Waals surface area contributed by atoms with E-state index in [0.29, 0.717) is 18.9 Å². The maximum Gasteiger partial charge on any atom is 0.326 e. The largest absolute Gasteiger partial charge is 0.480 e. The third kappa shape index (κ3) is 3.76. The van der Waals surface area contributed by atoms with Crippen LogP contribution in [0.4, 0.5) is 0 Å². The molecule has 0 aromatic heterocycles. The van der Waals surface area contributed by atoms with E-state index in [0.717, 1.165) is 44.9 Å². The Morgan fingerprint density at radius 2 is 1.90 bits per heavy atom. The Balaban J connectivity index is 2.10. The van der Waals surface area contributed by atoms with Crippen LogP contribution >= 0.6 is 0 Å². The minimum atomic E-state index is -0.872. The summed E-state index contributed by atoms with van der Waals surface area (Å²) >= 11 is 0. The zero-order valence-electron chi connectivity index (χ0n) is 13.0. The Bertz CT molecular complexity index is 386. The second-order valence-electron chi connectivity index (χ2n) is 6.59. The number of piperidine rings is 1. The van der Waals surface area contributed by atoms with Crippen molar-refractivity contribution in [1.82, 2.24) is 4.90 Å². The molecule has 5 heteroatoms. The van der Waals surface area contributed by atoms with Gasteiger partial charge in [-0.3, -0.25) is 4.79 Å². The van der Waals surface area contributed by atoms with Crippen LogP contribution in [0.25, 0.3) is 0 Å². The molecular formula is C16H28N2O3. The molecule has 1 aliphatic heterocycles. The molecule has 2 fully saturated rings. The fourth-order valence-corrected chi connectivity index (χ4v) is 3.76. The molecule has 1 aliphatic carbocycles. The number of carboxylic acid groups (broad SMARTS) is 1. The molecule has 4 unspecified atom stereocenters. The first-order chi connectivity index (χ1) is 10.0. The summed E-state index contributed by atoms with van der Waals surface area (Å²) in [5, 5.41) is 9.47. The van der Waals surface area contributed by atoms with Gasteiger partial charge in [0.2, 0.25) is 5.91 Å². The predicted octanol–water partition coefficient (Wildman–Crippen LogP) is 2.00. The van der Waals surface area contributed by atoms with Gasteiger partial charge in [0.05, 0.1) is 5.92 Å². The van der Waals surface area contributed by atoms with Crippen LogP contribution < -0.4 is 5.73 Å². The van der Waals surface area contributed by atoms with E-state index in [4.69, 9.17) is 5.73 Å². The molecule has 0 spiro atoms. The number of carbonyl (C=O) groups excluding carboxylic acids is 1. The maximum absolute atomic E-state index is 12.8. The summed E-state index contributed by atoms with van der Waals surface area (Å²) in [6.45, 7) is 2.65. The Hall–Kier alpha value is -1.10. The van der Waals surface area contributed by atoms with Crippen molar-refractivity contribution in [3.63, 3.8) is 0 Å². The summed E-state index contributed by atoms with van der Waals surface area (Å²) in [6.07, 6.45) is 7.37. The second kappa shape index (κ2) is 7.25. The van der Waals surface area contributed by atoms with Gasteiger partial charge in [0, 0.05) is 12.6 Å². The molecule has 0 aromatic carbocycles. The fraction of sp³-hybridized carbons (Fsp3) is 0.875. The van der Waals surface area contributed by atoms with Gasteiger partial charge >= 0.3 is 5.97 Å². The van der Waals surface area contributed by atoms with Gasteiger partial charge < -0.3 is 15.7 Å². The zero-order valence-corrected chi connectivity index (χ0v) is 13.0. The summed E-state index contributed by atoms with van der Waals surface area (Å²) in [4.78, 5) is 25.9. The fourth-order valence-electron chi connectivity index (χ4n) is 3.76. The molecule has 120 valence electrons. The third-order valence-electron chi connectivity index (χ3n) is 5.24. The number of carboxylic acids is 1. The van der Waals surface area contributed by atoms with Crippen LogP contribution in [0.5, 0.6) is 0 Å². The van der Waals surface area contributed by atoms with Gasteiger partial charge in [0.25, 0.3) is 0 Å². The van der Waals surface area contributed by atoms with E-state index in [1.165, 1.54) is 0 Å². The topological polar surface area (TPSA) is 83.6 Å². The number of likely N-dealkylation sites (tertiary alicyclic amines) is 1. The van der Waals surface area contributed by atoms with Gasteiger partial charge in [0.1, 0.15) is 6.04 Å². The minimum absolute atomic E-state index is 0.0219. The molecule has 2 rings (SSSR count). The van der Waals surface area contributed by atoms with Crippen LogP contribution in [0.15, 0.2) is 0 Å². The Kier molecular flexibility index (Phi) is 5.62. The molecule has 1 amide bonds. The van der Waals surface area contributed by atoms with Gasteiger partial charge in [-0.05, 0) is 31.6 Å². The monoisotopic (exact) mass is 296 g/mol. The Labute approximate surface area is 126 Å². The van der Waals surface area contributed by atoms with Gasteiger partial charge in [0.15, 0.2) is 0 Å². The van der Waals surface area contributed by atoms with Gasteiger partial charge in [-0.2, -0.15) is 0 Å². The van der Waals surface area contributed by atoms with Crippen molar-refractivity contribution in [3.8, 4) is 0 Å². The molecule has 0 radical (unpaired) electrons. The van der Waals surface area contributed by atoms with E-state index in [2.05, 4.69) is 6.92 Å². The van der Waals surface area contributed by atoms with Gasteiger partial charge in [-0.1, -0.05) is 32.6 Å². The Morgan fingerprint density at radius 3 is 2.57 bits per heavy atom. The molecule has 3 N–H and O–H groups in total. The number of amides is 1. The lowest BCUT2D eigenvalue weighted by atomic mass is 9.86. The molecule has 1 saturated carbocycles. The molecule has 4 atom stereocenters. The van der Waals surface area contributed by atoms with Crippen LogP contribution in [-0.4, -0.2) is 40.5 Å². The first-order valence-electron chi connectivity index (χ1n) is 8.33. The van der Waals surface area contributed by atoms with Gasteiger partial charge in [-0.25, -0.2) is 4.79 Å². The molecular weight excluding hydrogens is 268 g/mol. The average molecular weight is 296 g/mol. The van der Waals surface area contributed by atoms with Crippen molar-refractivity contribution in [2.24, 2.45) is 17.6 Å². The van der Waals surface area contributed by atoms with Gasteiger partial charge in [-0.15, -0.1) is 0 Å². The van der Waals surface area contributed by atoms with E-state index < -0.39 is 12.0 Å². The second-order valence-corrected chi connectivity index (χ2v) is 6.59. The smallest absolute Gasteiger partial charge is 0.326 e. The SMILES string of the molecule is CCC1CCN(C(=O)C2CCCCCC2N)C(C(=O)O)C1. The highest BCUT2D eigenvalue weighted by Gasteiger charge is 2.39. The summed E-state index contributed by atoms with van der Waals surface area (Å²) in [5.74, 6) is -0.666. The van der Waals surface area contributed by atoms with E-state index >= 15 is 0 Å². The van der Waals surface area contributed by atoms with E-state index in [1.807, 2.05) is 0 Å². The number of carbonyl (C=O) groups is 2. The highest BCUT2D eigenvalue weighted by Crippen LogP contribution is 2.30. The molecule has 0 bridgehead atoms. The van der Waals surface area contributed by atoms with E-state index in [1.54, 1.807) is 4.90 Å². The summed E-state index contributed by atoms with van der Waals surface area (Å²) in [5.41, 5.74) is 6.17. The third-order valence-corrected chi connectivity index (χ3v) is 5.24. The van der Waals surface area contributed by atoms with Crippen molar-refractivity contribution in [2.45, 2.75) is 70.4 Å². The normalized spacial score (nSPS) is 34.3. The summed E-state index contributed by atoms with van der Waals surface area (Å²) < 4.78 is 0. The summed E-state index contributed by atoms with van der Waals surface area (Å²) in [7, 11) is 0. The highest BCUT2D eigenvalue weighted by atomic mass is 16.4. The number of hydrogen-bond acceptors (Lipinski definition) is 3. The van der Waals surface area contributed by atoms with Crippen LogP contribution in [0.2, 0.25) is 0 Å². The van der Waals surface area contributed by atoms with E-state index in [9.17, 15) is 14.7 Å². The highest BCUT2D eigenvalue weighted by molar-refractivity contribution is 5.85. The standard InChI is InChI=1S/C16H28N2O3/c1-2-11-8-9-18(14(10-11)16(20)21)15(19)12-6-4-3-5-7-13(12)17/h11-14H,2-10,17H2,1H3,(H,20,21). The quantitative estimate of drug-likeness (QED) is 0.780. The van der Waals surface area contributed by atoms with E-state index in [-0.39, 0.29) is 17.9 Å². The minimum Gasteiger partial charge on any atom is -0.480 e. The first-order valence-corrected chi connectivity index (χ1v) is 8.33. The maximum atomic E-state index is 12.8. The van der Waals surface area contributed by atoms with Crippen LogP contribution in [0, 0.1) is 11.8 Å². The van der Waals surface area contributed by atoms with Crippen molar-refractivity contribution >= 4 is 11.9 Å². The molecule has 1 saturated heterocycles. The number of nitrogens with zero attached hydrogens (tertiary/aromatic N) is 1. The Morgan fingerprint density at radius 1 is 1.19 bits per heavy atom. The van der Waals surface area contributed by atoms with Crippen molar-refractivity contribution in [3.05, 3.63) is 0 Å². The lowest BCUT2D eigenvalue weighted by molar-refractivity contribution is -0.155. The molecule has 5 nitrogen and oxygen atoms in total. The van der Waals surface area contributed by atoms with Crippen molar-refractivity contribution in [1.29, 1.82) is 0 Å². The summed E-state index contributed by atoms with van der Waals surface area (Å²) in [6, 6.07) is -0.773. The van der Waals surface area contributed by atoms with Crippen LogP contribution in [0.1, 0.15) is 58.3 Å². The first kappa shape index (κ1) is 16.3. The number of rotatable bonds is 3. The number of aliphatic carboxylic acids is 1. The number of nitrogens with two attached hydrogens (primary N) is 1. The molecule has 0 aromatic rings. The van der Waals surface area contributed by atoms with Crippen LogP contribution in [-0.2, 0) is 9.59 Å². The average Bonchev–Trinajstić information content (AvgIpc) is 2.70. The van der Waals surface area contributed by atoms with Crippen molar-refractivity contribution < 1.29 is 14.7 Å². The predicted molar refractivity (Wildman–Crippen MR) is 80.7 cm³/mol. The number of hydrogen-bond donors (Lipinski definition) is 2.